The summed E-state index contributed by atoms with van der Waals surface area (Å²) in [5, 5.41) is 11.5. The van der Waals surface area contributed by atoms with Crippen molar-refractivity contribution in [3.8, 4) is 0 Å². The van der Waals surface area contributed by atoms with Gasteiger partial charge >= 0.3 is 5.97 Å². The number of rotatable bonds is 11. The van der Waals surface area contributed by atoms with Gasteiger partial charge in [0.2, 0.25) is 15.9 Å². The zero-order valence-corrected chi connectivity index (χ0v) is 15.4. The number of methoxy groups -OCH3 is 1. The molecule has 0 spiro atoms. The van der Waals surface area contributed by atoms with Crippen molar-refractivity contribution in [1.82, 2.24) is 10.0 Å². The maximum atomic E-state index is 12.1. The van der Waals surface area contributed by atoms with Crippen molar-refractivity contribution in [1.29, 1.82) is 0 Å². The number of nitrogens with one attached hydrogen (secondary N) is 2. The van der Waals surface area contributed by atoms with Gasteiger partial charge in [-0.1, -0.05) is 12.1 Å². The Morgan fingerprint density at radius 1 is 1.27 bits per heavy atom. The number of aliphatic carboxylic acids is 1. The van der Waals surface area contributed by atoms with E-state index in [0.717, 1.165) is 18.4 Å². The molecule has 0 heterocycles. The molecule has 0 radical (unpaired) electrons. The first-order valence-electron chi connectivity index (χ1n) is 8.44. The van der Waals surface area contributed by atoms with Gasteiger partial charge in [-0.05, 0) is 37.0 Å². The van der Waals surface area contributed by atoms with Crippen LogP contribution < -0.4 is 10.0 Å². The Bertz CT molecular complexity index is 728. The van der Waals surface area contributed by atoms with Crippen LogP contribution in [0.4, 0.5) is 0 Å². The molecule has 1 aromatic rings. The molecule has 3 N–H and O–H groups in total. The lowest BCUT2D eigenvalue weighted by Crippen LogP contribution is -2.41. The van der Waals surface area contributed by atoms with Crippen LogP contribution in [-0.2, 0) is 30.8 Å². The standard InChI is InChI=1S/C17H24N2O6S/c1-25-11-10-15(17(21)22)18-16(20)9-4-12-2-7-14(8-3-12)26(23,24)19-13-5-6-13/h2-3,7-8,13,15,19H,4-6,9-11H2,1H3,(H,18,20)(H,21,22). The van der Waals surface area contributed by atoms with Gasteiger partial charge in [-0.2, -0.15) is 0 Å². The third kappa shape index (κ3) is 6.40. The van der Waals surface area contributed by atoms with E-state index in [1.807, 2.05) is 0 Å². The average Bonchev–Trinajstić information content (AvgIpc) is 3.40. The molecule has 0 bridgehead atoms. The molecular formula is C17H24N2O6S. The molecule has 144 valence electrons. The number of ether oxygens (including phenoxy) is 1. The molecular weight excluding hydrogens is 360 g/mol. The van der Waals surface area contributed by atoms with Crippen molar-refractivity contribution in [2.24, 2.45) is 0 Å². The molecule has 2 rings (SSSR count). The fraction of sp³-hybridized carbons (Fsp3) is 0.529. The third-order valence-corrected chi connectivity index (χ3v) is 5.55. The van der Waals surface area contributed by atoms with E-state index < -0.39 is 22.0 Å². The predicted octanol–water partition coefficient (Wildman–Crippen LogP) is 0.666. The summed E-state index contributed by atoms with van der Waals surface area (Å²) in [4.78, 5) is 23.2. The van der Waals surface area contributed by atoms with Crippen LogP contribution in [0.2, 0.25) is 0 Å². The number of carboxylic acid groups (broad SMARTS) is 1. The molecule has 1 saturated carbocycles. The number of sulfonamides is 1. The number of aryl methyl sites for hydroxylation is 1. The van der Waals surface area contributed by atoms with Crippen molar-refractivity contribution >= 4 is 21.9 Å². The highest BCUT2D eigenvalue weighted by Crippen LogP contribution is 2.22. The number of carbonyl (C=O) groups excluding carboxylic acids is 1. The lowest BCUT2D eigenvalue weighted by molar-refractivity contribution is -0.142. The number of hydrogen-bond donors (Lipinski definition) is 3. The summed E-state index contributed by atoms with van der Waals surface area (Å²) >= 11 is 0. The average molecular weight is 384 g/mol. The van der Waals surface area contributed by atoms with E-state index in [-0.39, 0.29) is 36.3 Å². The summed E-state index contributed by atoms with van der Waals surface area (Å²) in [6, 6.07) is 5.41. The number of benzene rings is 1. The molecule has 0 saturated heterocycles. The van der Waals surface area contributed by atoms with Crippen LogP contribution in [0.15, 0.2) is 29.2 Å². The molecule has 8 nitrogen and oxygen atoms in total. The summed E-state index contributed by atoms with van der Waals surface area (Å²) in [7, 11) is -2.02. The lowest BCUT2D eigenvalue weighted by Gasteiger charge is -2.14. The van der Waals surface area contributed by atoms with Crippen molar-refractivity contribution < 1.29 is 27.9 Å². The van der Waals surface area contributed by atoms with E-state index in [1.54, 1.807) is 12.1 Å². The van der Waals surface area contributed by atoms with E-state index in [2.05, 4.69) is 10.0 Å². The Hall–Kier alpha value is -1.97. The monoisotopic (exact) mass is 384 g/mol. The maximum Gasteiger partial charge on any atom is 0.326 e. The van der Waals surface area contributed by atoms with Crippen molar-refractivity contribution in [2.75, 3.05) is 13.7 Å². The van der Waals surface area contributed by atoms with Crippen molar-refractivity contribution in [3.05, 3.63) is 29.8 Å². The second-order valence-electron chi connectivity index (χ2n) is 6.28. The third-order valence-electron chi connectivity index (χ3n) is 4.02. The molecule has 0 aliphatic heterocycles. The summed E-state index contributed by atoms with van der Waals surface area (Å²) < 4.78 is 31.6. The summed E-state index contributed by atoms with van der Waals surface area (Å²) in [6.07, 6.45) is 2.43. The molecule has 1 fully saturated rings. The second kappa shape index (κ2) is 9.11. The molecule has 1 amide bonds. The highest BCUT2D eigenvalue weighted by Gasteiger charge is 2.27. The van der Waals surface area contributed by atoms with Gasteiger partial charge in [-0.3, -0.25) is 4.79 Å². The van der Waals surface area contributed by atoms with Gasteiger partial charge in [-0.15, -0.1) is 0 Å². The molecule has 1 atom stereocenters. The maximum absolute atomic E-state index is 12.1. The Morgan fingerprint density at radius 2 is 1.92 bits per heavy atom. The molecule has 1 aromatic carbocycles. The Balaban J connectivity index is 1.84. The summed E-state index contributed by atoms with van der Waals surface area (Å²) in [5.74, 6) is -1.48. The molecule has 9 heteroatoms. The van der Waals surface area contributed by atoms with Gasteiger partial charge in [0, 0.05) is 32.6 Å². The van der Waals surface area contributed by atoms with Crippen LogP contribution >= 0.6 is 0 Å². The minimum absolute atomic E-state index is 0.0451. The minimum Gasteiger partial charge on any atom is -0.480 e. The number of amides is 1. The van der Waals surface area contributed by atoms with Crippen LogP contribution in [0.25, 0.3) is 0 Å². The lowest BCUT2D eigenvalue weighted by atomic mass is 10.1. The first kappa shape index (κ1) is 20.3. The van der Waals surface area contributed by atoms with E-state index in [9.17, 15) is 18.0 Å². The van der Waals surface area contributed by atoms with Gasteiger partial charge in [0.1, 0.15) is 6.04 Å². The summed E-state index contributed by atoms with van der Waals surface area (Å²) in [5.41, 5.74) is 0.800. The highest BCUT2D eigenvalue weighted by atomic mass is 32.2. The summed E-state index contributed by atoms with van der Waals surface area (Å²) in [6.45, 7) is 0.238. The fourth-order valence-corrected chi connectivity index (χ4v) is 3.65. The van der Waals surface area contributed by atoms with E-state index in [0.29, 0.717) is 6.42 Å². The van der Waals surface area contributed by atoms with Gasteiger partial charge in [0.25, 0.3) is 0 Å². The SMILES string of the molecule is COCCC(NC(=O)CCc1ccc(S(=O)(=O)NC2CC2)cc1)C(=O)O. The number of hydrogen-bond acceptors (Lipinski definition) is 5. The minimum atomic E-state index is -3.49. The Morgan fingerprint density at radius 3 is 2.46 bits per heavy atom. The van der Waals surface area contributed by atoms with Gasteiger partial charge < -0.3 is 15.2 Å². The van der Waals surface area contributed by atoms with Gasteiger partial charge in [0.05, 0.1) is 4.90 Å². The normalized spacial score (nSPS) is 15.4. The fourth-order valence-electron chi connectivity index (χ4n) is 2.34. The number of carbonyl (C=O) groups is 2. The highest BCUT2D eigenvalue weighted by molar-refractivity contribution is 7.89. The van der Waals surface area contributed by atoms with E-state index in [4.69, 9.17) is 9.84 Å². The first-order valence-corrected chi connectivity index (χ1v) is 9.92. The molecule has 0 aromatic heterocycles. The topological polar surface area (TPSA) is 122 Å². The van der Waals surface area contributed by atoms with Crippen LogP contribution in [0.3, 0.4) is 0 Å². The zero-order valence-electron chi connectivity index (χ0n) is 14.6. The Kier molecular flexibility index (Phi) is 7.13. The Labute approximate surface area is 153 Å². The molecule has 1 unspecified atom stereocenters. The molecule has 1 aliphatic carbocycles. The van der Waals surface area contributed by atoms with Crippen molar-refractivity contribution in [3.63, 3.8) is 0 Å². The first-order chi connectivity index (χ1) is 12.3. The molecule has 26 heavy (non-hydrogen) atoms. The van der Waals surface area contributed by atoms with E-state index >= 15 is 0 Å². The van der Waals surface area contributed by atoms with Crippen LogP contribution in [0, 0.1) is 0 Å². The largest absolute Gasteiger partial charge is 0.480 e. The van der Waals surface area contributed by atoms with Crippen LogP contribution in [-0.4, -0.2) is 51.2 Å². The zero-order chi connectivity index (χ0) is 19.2. The number of carboxylic acids is 1. The van der Waals surface area contributed by atoms with E-state index in [1.165, 1.54) is 19.2 Å². The van der Waals surface area contributed by atoms with Crippen LogP contribution in [0.5, 0.6) is 0 Å². The predicted molar refractivity (Wildman–Crippen MR) is 94.2 cm³/mol. The van der Waals surface area contributed by atoms with Gasteiger partial charge in [0.15, 0.2) is 0 Å². The quantitative estimate of drug-likeness (QED) is 0.515. The smallest absolute Gasteiger partial charge is 0.326 e. The molecule has 1 aliphatic rings. The van der Waals surface area contributed by atoms with Gasteiger partial charge in [-0.25, -0.2) is 17.9 Å². The van der Waals surface area contributed by atoms with Crippen molar-refractivity contribution in [2.45, 2.75) is 49.1 Å². The van der Waals surface area contributed by atoms with Crippen LogP contribution in [0.1, 0.15) is 31.2 Å². The second-order valence-corrected chi connectivity index (χ2v) is 7.99.